The van der Waals surface area contributed by atoms with Gasteiger partial charge in [0, 0.05) is 25.6 Å². The van der Waals surface area contributed by atoms with Crippen LogP contribution in [0.15, 0.2) is 53.5 Å². The van der Waals surface area contributed by atoms with E-state index < -0.39 is 0 Å². The Bertz CT molecular complexity index is 807. The minimum absolute atomic E-state index is 0. The van der Waals surface area contributed by atoms with E-state index in [0.29, 0.717) is 18.1 Å². The van der Waals surface area contributed by atoms with Gasteiger partial charge in [0.05, 0.1) is 11.6 Å². The van der Waals surface area contributed by atoms with Crippen LogP contribution in [0.3, 0.4) is 0 Å². The van der Waals surface area contributed by atoms with Gasteiger partial charge in [0.15, 0.2) is 5.96 Å². The predicted octanol–water partition coefficient (Wildman–Crippen LogP) is 3.71. The number of nitriles is 1. The van der Waals surface area contributed by atoms with Crippen molar-refractivity contribution in [1.82, 2.24) is 10.6 Å². The monoisotopic (exact) mass is 464 g/mol. The first-order chi connectivity index (χ1) is 12.1. The highest BCUT2D eigenvalue weighted by atomic mass is 127. The predicted molar refractivity (Wildman–Crippen MR) is 112 cm³/mol. The molecule has 0 atom stereocenters. The molecule has 0 amide bonds. The topological polar surface area (TPSA) is 60.2 Å². The average Bonchev–Trinajstić information content (AvgIpc) is 3.43. The number of aliphatic imine (C=N–C) groups is 1. The first-order valence-corrected chi connectivity index (χ1v) is 8.35. The molecule has 0 spiro atoms. The Morgan fingerprint density at radius 3 is 2.50 bits per heavy atom. The largest absolute Gasteiger partial charge is 0.356 e. The number of hydrogen-bond acceptors (Lipinski definition) is 2. The third kappa shape index (κ3) is 4.94. The summed E-state index contributed by atoms with van der Waals surface area (Å²) in [5, 5.41) is 15.4. The van der Waals surface area contributed by atoms with Crippen molar-refractivity contribution in [2.75, 3.05) is 13.6 Å². The van der Waals surface area contributed by atoms with Crippen molar-refractivity contribution >= 4 is 29.9 Å². The molecule has 1 saturated carbocycles. The molecule has 0 aliphatic heterocycles. The quantitative estimate of drug-likeness (QED) is 0.403. The summed E-state index contributed by atoms with van der Waals surface area (Å²) >= 11 is 0. The second kappa shape index (κ2) is 8.99. The van der Waals surface area contributed by atoms with Gasteiger partial charge in [0.1, 0.15) is 5.82 Å². The third-order valence-electron chi connectivity index (χ3n) is 4.65. The van der Waals surface area contributed by atoms with Gasteiger partial charge in [-0.3, -0.25) is 4.99 Å². The Hall–Kier alpha value is -2.14. The van der Waals surface area contributed by atoms with Gasteiger partial charge in [-0.2, -0.15) is 5.26 Å². The van der Waals surface area contributed by atoms with Crippen molar-refractivity contribution in [2.45, 2.75) is 24.8 Å². The fourth-order valence-corrected chi connectivity index (χ4v) is 2.89. The first-order valence-electron chi connectivity index (χ1n) is 8.35. The van der Waals surface area contributed by atoms with Crippen molar-refractivity contribution in [3.8, 4) is 6.07 Å². The summed E-state index contributed by atoms with van der Waals surface area (Å²) in [4.78, 5) is 4.25. The highest BCUT2D eigenvalue weighted by Crippen LogP contribution is 2.47. The van der Waals surface area contributed by atoms with Crippen LogP contribution in [0.2, 0.25) is 0 Å². The maximum atomic E-state index is 13.5. The minimum atomic E-state index is -0.188. The van der Waals surface area contributed by atoms with E-state index in [-0.39, 0.29) is 35.2 Å². The summed E-state index contributed by atoms with van der Waals surface area (Å²) in [6, 6.07) is 16.4. The normalized spacial score (nSPS) is 14.7. The lowest BCUT2D eigenvalue weighted by atomic mass is 9.96. The summed E-state index contributed by atoms with van der Waals surface area (Å²) in [5.41, 5.74) is 2.78. The van der Waals surface area contributed by atoms with Gasteiger partial charge in [-0.05, 0) is 48.2 Å². The van der Waals surface area contributed by atoms with Gasteiger partial charge < -0.3 is 10.6 Å². The van der Waals surface area contributed by atoms with E-state index >= 15 is 0 Å². The number of nitrogens with one attached hydrogen (secondary N) is 2. The second-order valence-electron chi connectivity index (χ2n) is 6.38. The maximum absolute atomic E-state index is 13.5. The maximum Gasteiger partial charge on any atom is 0.191 e. The number of hydrogen-bond donors (Lipinski definition) is 2. The third-order valence-corrected chi connectivity index (χ3v) is 4.65. The molecule has 1 fully saturated rings. The summed E-state index contributed by atoms with van der Waals surface area (Å²) < 4.78 is 13.5. The Labute approximate surface area is 170 Å². The molecule has 6 heteroatoms. The van der Waals surface area contributed by atoms with Crippen LogP contribution in [0.25, 0.3) is 0 Å². The minimum Gasteiger partial charge on any atom is -0.356 e. The summed E-state index contributed by atoms with van der Waals surface area (Å²) in [6.07, 6.45) is 2.10. The molecule has 1 aliphatic carbocycles. The SMILES string of the molecule is CN=C(NCc1ccc(C#N)cc1)NCC1(c2cccc(F)c2)CC1.I. The van der Waals surface area contributed by atoms with E-state index in [4.69, 9.17) is 5.26 Å². The smallest absolute Gasteiger partial charge is 0.191 e. The Kier molecular flexibility index (Phi) is 6.98. The van der Waals surface area contributed by atoms with Crippen molar-refractivity contribution in [2.24, 2.45) is 4.99 Å². The highest BCUT2D eigenvalue weighted by Gasteiger charge is 2.44. The van der Waals surface area contributed by atoms with Gasteiger partial charge in [0.2, 0.25) is 0 Å². The Morgan fingerprint density at radius 2 is 1.92 bits per heavy atom. The zero-order valence-corrected chi connectivity index (χ0v) is 17.0. The number of nitrogens with zero attached hydrogens (tertiary/aromatic N) is 2. The molecule has 26 heavy (non-hydrogen) atoms. The van der Waals surface area contributed by atoms with Crippen LogP contribution in [-0.2, 0) is 12.0 Å². The van der Waals surface area contributed by atoms with Gasteiger partial charge in [-0.15, -0.1) is 24.0 Å². The molecule has 0 unspecified atom stereocenters. The van der Waals surface area contributed by atoms with E-state index in [2.05, 4.69) is 21.7 Å². The number of rotatable bonds is 5. The van der Waals surface area contributed by atoms with E-state index in [1.807, 2.05) is 18.2 Å². The van der Waals surface area contributed by atoms with Gasteiger partial charge in [-0.1, -0.05) is 24.3 Å². The van der Waals surface area contributed by atoms with Crippen LogP contribution in [0.4, 0.5) is 4.39 Å². The molecule has 0 aromatic heterocycles. The van der Waals surface area contributed by atoms with E-state index in [1.54, 1.807) is 31.3 Å². The van der Waals surface area contributed by atoms with Crippen LogP contribution in [0.5, 0.6) is 0 Å². The lowest BCUT2D eigenvalue weighted by Gasteiger charge is -2.19. The van der Waals surface area contributed by atoms with E-state index in [9.17, 15) is 4.39 Å². The second-order valence-corrected chi connectivity index (χ2v) is 6.38. The summed E-state index contributed by atoms with van der Waals surface area (Å²) in [7, 11) is 1.73. The molecule has 0 saturated heterocycles. The zero-order valence-electron chi connectivity index (χ0n) is 14.6. The van der Waals surface area contributed by atoms with Gasteiger partial charge in [0.25, 0.3) is 0 Å². The van der Waals surface area contributed by atoms with Crippen LogP contribution >= 0.6 is 24.0 Å². The van der Waals surface area contributed by atoms with Crippen LogP contribution in [0, 0.1) is 17.1 Å². The number of benzene rings is 2. The van der Waals surface area contributed by atoms with E-state index in [0.717, 1.165) is 30.5 Å². The van der Waals surface area contributed by atoms with Gasteiger partial charge in [-0.25, -0.2) is 4.39 Å². The average molecular weight is 464 g/mol. The summed E-state index contributed by atoms with van der Waals surface area (Å²) in [5.74, 6) is 0.527. The molecule has 1 aliphatic rings. The molecule has 0 radical (unpaired) electrons. The molecular weight excluding hydrogens is 442 g/mol. The van der Waals surface area contributed by atoms with Gasteiger partial charge >= 0.3 is 0 Å². The molecule has 0 heterocycles. The Balaban J connectivity index is 0.00000243. The molecule has 2 aromatic carbocycles. The fourth-order valence-electron chi connectivity index (χ4n) is 2.89. The molecule has 3 rings (SSSR count). The van der Waals surface area contributed by atoms with Crippen LogP contribution < -0.4 is 10.6 Å². The molecule has 0 bridgehead atoms. The Morgan fingerprint density at radius 1 is 1.19 bits per heavy atom. The van der Waals surface area contributed by atoms with Crippen LogP contribution in [-0.4, -0.2) is 19.6 Å². The number of halogens is 2. The van der Waals surface area contributed by atoms with Crippen molar-refractivity contribution < 1.29 is 4.39 Å². The van der Waals surface area contributed by atoms with Crippen LogP contribution in [0.1, 0.15) is 29.5 Å². The molecule has 2 N–H and O–H groups in total. The lowest BCUT2D eigenvalue weighted by Crippen LogP contribution is -2.40. The van der Waals surface area contributed by atoms with Crippen molar-refractivity contribution in [3.05, 3.63) is 71.0 Å². The first kappa shape index (κ1) is 20.2. The van der Waals surface area contributed by atoms with E-state index in [1.165, 1.54) is 6.07 Å². The summed E-state index contributed by atoms with van der Waals surface area (Å²) in [6.45, 7) is 1.35. The fraction of sp³-hybridized carbons (Fsp3) is 0.300. The zero-order chi connectivity index (χ0) is 17.7. The molecule has 136 valence electrons. The van der Waals surface area contributed by atoms with Crippen molar-refractivity contribution in [1.29, 1.82) is 5.26 Å². The lowest BCUT2D eigenvalue weighted by molar-refractivity contribution is 0.607. The standard InChI is InChI=1S/C20H21FN4.HI/c1-23-19(24-13-16-7-5-15(12-22)6-8-16)25-14-20(9-10-20)17-3-2-4-18(21)11-17;/h2-8,11H,9-10,13-14H2,1H3,(H2,23,24,25);1H. The van der Waals surface area contributed by atoms with Crippen molar-refractivity contribution in [3.63, 3.8) is 0 Å². The molecule has 2 aromatic rings. The molecular formula is C20H22FIN4. The highest BCUT2D eigenvalue weighted by molar-refractivity contribution is 14.0. The number of guanidine groups is 1. The molecule has 4 nitrogen and oxygen atoms in total.